The maximum absolute atomic E-state index is 13.5. The number of amides is 2. The Hall–Kier alpha value is -4.21. The fourth-order valence-corrected chi connectivity index (χ4v) is 5.78. The highest BCUT2D eigenvalue weighted by molar-refractivity contribution is 5.89. The molecule has 0 saturated carbocycles. The predicted molar refractivity (Wildman–Crippen MR) is 158 cm³/mol. The van der Waals surface area contributed by atoms with E-state index >= 15 is 0 Å². The standard InChI is InChI=1S/C33H37N3O6/c37-31(38)21-30(32(39)36-16-8-15-35(17-19-41-20-18-36)22-24-9-2-1-3-10-24)34-33(40)42-23-29-27-13-6-4-11-25(27)26-12-5-7-14-28(26)29/h1-7,9-14,29-30H,8,15-23H2,(H,34,40)(H,37,38). The molecule has 1 aliphatic heterocycles. The number of rotatable bonds is 8. The third-order valence-corrected chi connectivity index (χ3v) is 7.83. The van der Waals surface area contributed by atoms with E-state index < -0.39 is 30.4 Å². The smallest absolute Gasteiger partial charge is 0.407 e. The number of ether oxygens (including phenoxy) is 2. The predicted octanol–water partition coefficient (Wildman–Crippen LogP) is 4.12. The molecule has 5 rings (SSSR count). The van der Waals surface area contributed by atoms with E-state index in [0.717, 1.165) is 41.9 Å². The van der Waals surface area contributed by atoms with Gasteiger partial charge in [0.15, 0.2) is 0 Å². The van der Waals surface area contributed by atoms with Crippen LogP contribution in [-0.4, -0.2) is 84.9 Å². The number of carbonyl (C=O) groups is 3. The van der Waals surface area contributed by atoms with Gasteiger partial charge in [0, 0.05) is 38.6 Å². The molecule has 3 aromatic carbocycles. The van der Waals surface area contributed by atoms with Gasteiger partial charge in [-0.3, -0.25) is 14.5 Å². The van der Waals surface area contributed by atoms with E-state index in [1.807, 2.05) is 66.7 Å². The molecular formula is C33H37N3O6. The van der Waals surface area contributed by atoms with Crippen LogP contribution in [0.3, 0.4) is 0 Å². The molecule has 1 heterocycles. The SMILES string of the molecule is O=C(O)CC(NC(=O)OCC1c2ccccc2-c2ccccc21)C(=O)N1CCCN(Cc2ccccc2)CCOCC1. The van der Waals surface area contributed by atoms with E-state index in [2.05, 4.69) is 22.3 Å². The molecule has 9 nitrogen and oxygen atoms in total. The Morgan fingerprint density at radius 1 is 0.857 bits per heavy atom. The van der Waals surface area contributed by atoms with Crippen LogP contribution < -0.4 is 5.32 Å². The number of benzene rings is 3. The Labute approximate surface area is 246 Å². The first-order valence-electron chi connectivity index (χ1n) is 14.5. The van der Waals surface area contributed by atoms with Gasteiger partial charge in [-0.15, -0.1) is 0 Å². The number of alkyl carbamates (subject to hydrolysis) is 1. The quantitative estimate of drug-likeness (QED) is 0.419. The van der Waals surface area contributed by atoms with Crippen LogP contribution in [0, 0.1) is 0 Å². The van der Waals surface area contributed by atoms with Crippen LogP contribution in [0.4, 0.5) is 4.79 Å². The molecule has 220 valence electrons. The lowest BCUT2D eigenvalue weighted by Crippen LogP contribution is -2.51. The highest BCUT2D eigenvalue weighted by Gasteiger charge is 2.32. The number of hydrogen-bond acceptors (Lipinski definition) is 6. The van der Waals surface area contributed by atoms with E-state index in [-0.39, 0.29) is 12.5 Å². The summed E-state index contributed by atoms with van der Waals surface area (Å²) in [6, 6.07) is 25.0. The van der Waals surface area contributed by atoms with Crippen molar-refractivity contribution in [3.8, 4) is 11.1 Å². The van der Waals surface area contributed by atoms with Crippen molar-refractivity contribution in [2.24, 2.45) is 0 Å². The van der Waals surface area contributed by atoms with E-state index in [1.54, 1.807) is 4.90 Å². The van der Waals surface area contributed by atoms with Gasteiger partial charge < -0.3 is 24.8 Å². The molecule has 42 heavy (non-hydrogen) atoms. The van der Waals surface area contributed by atoms with Gasteiger partial charge in [-0.25, -0.2) is 4.79 Å². The minimum absolute atomic E-state index is 0.0721. The van der Waals surface area contributed by atoms with Crippen molar-refractivity contribution < 1.29 is 29.0 Å². The lowest BCUT2D eigenvalue weighted by atomic mass is 9.98. The topological polar surface area (TPSA) is 108 Å². The molecule has 1 fully saturated rings. The van der Waals surface area contributed by atoms with Gasteiger partial charge in [0.1, 0.15) is 12.6 Å². The van der Waals surface area contributed by atoms with Gasteiger partial charge in [-0.1, -0.05) is 78.9 Å². The van der Waals surface area contributed by atoms with Crippen molar-refractivity contribution in [2.45, 2.75) is 31.3 Å². The molecule has 9 heteroatoms. The van der Waals surface area contributed by atoms with Gasteiger partial charge in [0.25, 0.3) is 0 Å². The number of aliphatic carboxylic acids is 1. The third-order valence-electron chi connectivity index (χ3n) is 7.83. The van der Waals surface area contributed by atoms with Crippen LogP contribution >= 0.6 is 0 Å². The third kappa shape index (κ3) is 7.35. The number of nitrogens with zero attached hydrogens (tertiary/aromatic N) is 2. The Kier molecular flexibility index (Phi) is 9.84. The van der Waals surface area contributed by atoms with Crippen molar-refractivity contribution in [3.05, 3.63) is 95.6 Å². The first-order valence-corrected chi connectivity index (χ1v) is 14.5. The monoisotopic (exact) mass is 571 g/mol. The lowest BCUT2D eigenvalue weighted by Gasteiger charge is -2.30. The van der Waals surface area contributed by atoms with Crippen LogP contribution in [0.15, 0.2) is 78.9 Å². The largest absolute Gasteiger partial charge is 0.481 e. The van der Waals surface area contributed by atoms with Crippen molar-refractivity contribution in [3.63, 3.8) is 0 Å². The summed E-state index contributed by atoms with van der Waals surface area (Å²) < 4.78 is 11.4. The van der Waals surface area contributed by atoms with Crippen LogP contribution in [0.25, 0.3) is 11.1 Å². The van der Waals surface area contributed by atoms with E-state index in [0.29, 0.717) is 32.7 Å². The molecule has 3 aromatic rings. The van der Waals surface area contributed by atoms with E-state index in [1.165, 1.54) is 5.56 Å². The van der Waals surface area contributed by atoms with Gasteiger partial charge >= 0.3 is 12.1 Å². The molecule has 2 aliphatic rings. The Morgan fingerprint density at radius 2 is 1.50 bits per heavy atom. The highest BCUT2D eigenvalue weighted by atomic mass is 16.5. The number of carboxylic acids is 1. The zero-order chi connectivity index (χ0) is 29.3. The number of carbonyl (C=O) groups excluding carboxylic acids is 2. The maximum atomic E-state index is 13.5. The summed E-state index contributed by atoms with van der Waals surface area (Å²) in [6.45, 7) is 4.00. The Bertz CT molecular complexity index is 1340. The minimum Gasteiger partial charge on any atom is -0.481 e. The zero-order valence-electron chi connectivity index (χ0n) is 23.6. The lowest BCUT2D eigenvalue weighted by molar-refractivity contribution is -0.143. The summed E-state index contributed by atoms with van der Waals surface area (Å²) in [5.74, 6) is -1.78. The highest BCUT2D eigenvalue weighted by Crippen LogP contribution is 2.44. The zero-order valence-corrected chi connectivity index (χ0v) is 23.6. The first kappa shape index (κ1) is 29.3. The molecule has 0 aromatic heterocycles. The summed E-state index contributed by atoms with van der Waals surface area (Å²) in [5.41, 5.74) is 5.55. The van der Waals surface area contributed by atoms with Crippen LogP contribution in [0.1, 0.15) is 35.4 Å². The second-order valence-corrected chi connectivity index (χ2v) is 10.7. The second-order valence-electron chi connectivity index (χ2n) is 10.7. The summed E-state index contributed by atoms with van der Waals surface area (Å²) in [6.07, 6.45) is -0.646. The first-order chi connectivity index (χ1) is 20.5. The molecule has 1 saturated heterocycles. The van der Waals surface area contributed by atoms with Gasteiger partial charge in [-0.05, 0) is 34.2 Å². The summed E-state index contributed by atoms with van der Waals surface area (Å²) in [4.78, 5) is 42.0. The van der Waals surface area contributed by atoms with Gasteiger partial charge in [0.2, 0.25) is 5.91 Å². The fraction of sp³-hybridized carbons (Fsp3) is 0.364. The average molecular weight is 572 g/mol. The molecule has 0 spiro atoms. The number of carboxylic acid groups (broad SMARTS) is 1. The summed E-state index contributed by atoms with van der Waals surface area (Å²) in [5, 5.41) is 12.1. The van der Waals surface area contributed by atoms with E-state index in [9.17, 15) is 19.5 Å². The van der Waals surface area contributed by atoms with Crippen LogP contribution in [0.5, 0.6) is 0 Å². The van der Waals surface area contributed by atoms with Crippen LogP contribution in [-0.2, 0) is 25.6 Å². The molecule has 0 radical (unpaired) electrons. The maximum Gasteiger partial charge on any atom is 0.407 e. The summed E-state index contributed by atoms with van der Waals surface area (Å²) >= 11 is 0. The molecule has 0 bridgehead atoms. The number of nitrogens with one attached hydrogen (secondary N) is 1. The van der Waals surface area contributed by atoms with Crippen LogP contribution in [0.2, 0.25) is 0 Å². The average Bonchev–Trinajstić information content (AvgIpc) is 3.32. The van der Waals surface area contributed by atoms with Gasteiger partial charge in [-0.2, -0.15) is 0 Å². The molecular weight excluding hydrogens is 534 g/mol. The molecule has 2 N–H and O–H groups in total. The Balaban J connectivity index is 1.20. The fourth-order valence-electron chi connectivity index (χ4n) is 5.78. The molecule has 1 aliphatic carbocycles. The number of hydrogen-bond donors (Lipinski definition) is 2. The molecule has 1 unspecified atom stereocenters. The van der Waals surface area contributed by atoms with Crippen molar-refractivity contribution >= 4 is 18.0 Å². The van der Waals surface area contributed by atoms with E-state index in [4.69, 9.17) is 9.47 Å². The second kappa shape index (κ2) is 14.1. The van der Waals surface area contributed by atoms with Crippen molar-refractivity contribution in [1.82, 2.24) is 15.1 Å². The molecule has 1 atom stereocenters. The van der Waals surface area contributed by atoms with Gasteiger partial charge in [0.05, 0.1) is 19.6 Å². The minimum atomic E-state index is -1.25. The Morgan fingerprint density at radius 3 is 2.19 bits per heavy atom. The van der Waals surface area contributed by atoms with Crippen molar-refractivity contribution in [1.29, 1.82) is 0 Å². The molecule has 2 amide bonds. The number of fused-ring (bicyclic) bond motifs is 3. The van der Waals surface area contributed by atoms with Crippen molar-refractivity contribution in [2.75, 3.05) is 46.0 Å². The summed E-state index contributed by atoms with van der Waals surface area (Å²) in [7, 11) is 0. The normalized spacial score (nSPS) is 16.6.